The second kappa shape index (κ2) is 5.43. The number of benzene rings is 1. The third kappa shape index (κ3) is 2.76. The molecule has 7 nitrogen and oxygen atoms in total. The van der Waals surface area contributed by atoms with Crippen LogP contribution in [0.2, 0.25) is 0 Å². The number of nitrogens with one attached hydrogen (secondary N) is 1. The Kier molecular flexibility index (Phi) is 3.69. The first-order valence-corrected chi connectivity index (χ1v) is 5.32. The van der Waals surface area contributed by atoms with Crippen molar-refractivity contribution in [3.63, 3.8) is 0 Å². The Morgan fingerprint density at radius 2 is 2.05 bits per heavy atom. The van der Waals surface area contributed by atoms with E-state index in [0.717, 1.165) is 0 Å². The quantitative estimate of drug-likeness (QED) is 0.684. The summed E-state index contributed by atoms with van der Waals surface area (Å²) in [6.07, 6.45) is 2.60. The fourth-order valence-electron chi connectivity index (χ4n) is 1.37. The van der Waals surface area contributed by atoms with Crippen molar-refractivity contribution in [2.75, 3.05) is 12.4 Å². The van der Waals surface area contributed by atoms with Crippen molar-refractivity contribution in [2.24, 2.45) is 0 Å². The van der Waals surface area contributed by atoms with Crippen molar-refractivity contribution >= 4 is 11.5 Å². The van der Waals surface area contributed by atoms with E-state index in [1.165, 1.54) is 12.4 Å². The lowest BCUT2D eigenvalue weighted by Crippen LogP contribution is -1.99. The molecule has 0 fully saturated rings. The highest BCUT2D eigenvalue weighted by Gasteiger charge is 2.20. The van der Waals surface area contributed by atoms with E-state index < -0.39 is 28.0 Å². The molecule has 0 unspecified atom stereocenters. The average Bonchev–Trinajstić information content (AvgIpc) is 2.42. The highest BCUT2D eigenvalue weighted by Crippen LogP contribution is 2.29. The Labute approximate surface area is 111 Å². The number of nitro groups is 1. The van der Waals surface area contributed by atoms with Gasteiger partial charge in [0.25, 0.3) is 0 Å². The molecule has 0 radical (unpaired) electrons. The van der Waals surface area contributed by atoms with Gasteiger partial charge in [0.2, 0.25) is 11.7 Å². The summed E-state index contributed by atoms with van der Waals surface area (Å²) in [5.41, 5.74) is -0.968. The van der Waals surface area contributed by atoms with Gasteiger partial charge in [-0.15, -0.1) is 0 Å². The van der Waals surface area contributed by atoms with E-state index in [9.17, 15) is 18.9 Å². The number of halogens is 2. The summed E-state index contributed by atoms with van der Waals surface area (Å²) < 4.78 is 32.0. The molecule has 2 aromatic rings. The molecule has 0 saturated carbocycles. The van der Waals surface area contributed by atoms with Gasteiger partial charge in [0, 0.05) is 13.1 Å². The first-order valence-electron chi connectivity index (χ1n) is 5.32. The normalized spacial score (nSPS) is 10.2. The minimum absolute atomic E-state index is 0.0796. The molecule has 0 aliphatic carbocycles. The van der Waals surface area contributed by atoms with Crippen LogP contribution in [0.4, 0.5) is 20.3 Å². The van der Waals surface area contributed by atoms with E-state index in [1.807, 2.05) is 0 Å². The summed E-state index contributed by atoms with van der Waals surface area (Å²) >= 11 is 0. The molecule has 1 heterocycles. The fourth-order valence-corrected chi connectivity index (χ4v) is 1.37. The molecule has 0 spiro atoms. The lowest BCUT2D eigenvalue weighted by molar-refractivity contribution is -0.387. The van der Waals surface area contributed by atoms with Crippen LogP contribution in [-0.2, 0) is 0 Å². The summed E-state index contributed by atoms with van der Waals surface area (Å²) in [6, 6.07) is 1.03. The third-order valence-corrected chi connectivity index (χ3v) is 2.28. The highest BCUT2D eigenvalue weighted by atomic mass is 19.1. The van der Waals surface area contributed by atoms with Gasteiger partial charge >= 0.3 is 5.69 Å². The van der Waals surface area contributed by atoms with Crippen molar-refractivity contribution in [1.29, 1.82) is 0 Å². The van der Waals surface area contributed by atoms with Gasteiger partial charge in [-0.2, -0.15) is 9.37 Å². The third-order valence-electron chi connectivity index (χ3n) is 2.28. The van der Waals surface area contributed by atoms with Crippen molar-refractivity contribution in [2.45, 2.75) is 0 Å². The number of hydrogen-bond donors (Lipinski definition) is 1. The van der Waals surface area contributed by atoms with Crippen molar-refractivity contribution < 1.29 is 18.4 Å². The predicted octanol–water partition coefficient (Wildman–Crippen LogP) is 2.50. The van der Waals surface area contributed by atoms with E-state index in [-0.39, 0.29) is 5.88 Å². The number of nitrogens with zero attached hydrogens (tertiary/aromatic N) is 3. The maximum absolute atomic E-state index is 13.6. The summed E-state index contributed by atoms with van der Waals surface area (Å²) in [7, 11) is 1.60. The van der Waals surface area contributed by atoms with Gasteiger partial charge in [-0.3, -0.25) is 15.1 Å². The molecule has 104 valence electrons. The molecule has 0 bridgehead atoms. The van der Waals surface area contributed by atoms with Crippen molar-refractivity contribution in [3.05, 3.63) is 46.3 Å². The van der Waals surface area contributed by atoms with Crippen LogP contribution in [0, 0.1) is 21.7 Å². The Morgan fingerprint density at radius 1 is 1.30 bits per heavy atom. The molecule has 0 atom stereocenters. The minimum Gasteiger partial charge on any atom is -0.434 e. The largest absolute Gasteiger partial charge is 0.434 e. The molecule has 9 heteroatoms. The van der Waals surface area contributed by atoms with Gasteiger partial charge in [-0.25, -0.2) is 4.39 Å². The number of aromatic nitrogens is 2. The Balaban J connectivity index is 2.34. The predicted molar refractivity (Wildman–Crippen MR) is 64.7 cm³/mol. The van der Waals surface area contributed by atoms with Gasteiger partial charge < -0.3 is 10.1 Å². The molecular formula is C11H8F2N4O3. The molecule has 20 heavy (non-hydrogen) atoms. The molecule has 1 aromatic carbocycles. The smallest absolute Gasteiger partial charge is 0.307 e. The summed E-state index contributed by atoms with van der Waals surface area (Å²) in [5.74, 6) is -2.51. The van der Waals surface area contributed by atoms with Gasteiger partial charge in [0.05, 0.1) is 23.4 Å². The lowest BCUT2D eigenvalue weighted by Gasteiger charge is -2.07. The summed E-state index contributed by atoms with van der Waals surface area (Å²) in [4.78, 5) is 17.1. The Bertz CT molecular complexity index is 666. The molecule has 0 saturated heterocycles. The molecular weight excluding hydrogens is 274 g/mol. The topological polar surface area (TPSA) is 90.2 Å². The average molecular weight is 282 g/mol. The van der Waals surface area contributed by atoms with Crippen LogP contribution in [0.15, 0.2) is 24.5 Å². The minimum atomic E-state index is -1.20. The van der Waals surface area contributed by atoms with Gasteiger partial charge in [0.15, 0.2) is 11.6 Å². The van der Waals surface area contributed by atoms with E-state index >= 15 is 0 Å². The number of rotatable bonds is 4. The zero-order chi connectivity index (χ0) is 14.7. The molecule has 1 aromatic heterocycles. The molecule has 0 aliphatic heterocycles. The monoisotopic (exact) mass is 282 g/mol. The maximum atomic E-state index is 13.6. The highest BCUT2D eigenvalue weighted by molar-refractivity contribution is 5.41. The standard InChI is InChI=1S/C11H8F2N4O3/c1-14-10-4-15-5-11(16-10)20-9-3-6(12)8(17(18)19)2-7(9)13/h2-5H,1H3,(H,14,16). The van der Waals surface area contributed by atoms with Crippen LogP contribution >= 0.6 is 0 Å². The van der Waals surface area contributed by atoms with Crippen molar-refractivity contribution in [1.82, 2.24) is 9.97 Å². The number of nitro benzene ring substituents is 1. The second-order valence-corrected chi connectivity index (χ2v) is 3.59. The van der Waals surface area contributed by atoms with Gasteiger partial charge in [-0.1, -0.05) is 0 Å². The van der Waals surface area contributed by atoms with Crippen LogP contribution in [-0.4, -0.2) is 21.9 Å². The lowest BCUT2D eigenvalue weighted by atomic mass is 10.3. The van der Waals surface area contributed by atoms with Gasteiger partial charge in [0.1, 0.15) is 5.82 Å². The van der Waals surface area contributed by atoms with Gasteiger partial charge in [-0.05, 0) is 0 Å². The second-order valence-electron chi connectivity index (χ2n) is 3.59. The fraction of sp³-hybridized carbons (Fsp3) is 0.0909. The zero-order valence-corrected chi connectivity index (χ0v) is 10.1. The SMILES string of the molecule is CNc1cncc(Oc2cc(F)c([N+](=O)[O-])cc2F)n1. The first-order chi connectivity index (χ1) is 9.51. The van der Waals surface area contributed by atoms with Crippen LogP contribution < -0.4 is 10.1 Å². The summed E-state index contributed by atoms with van der Waals surface area (Å²) in [6.45, 7) is 0. The Hall–Kier alpha value is -2.84. The first kappa shape index (κ1) is 13.6. The van der Waals surface area contributed by atoms with Crippen LogP contribution in [0.1, 0.15) is 0 Å². The van der Waals surface area contributed by atoms with E-state index in [0.29, 0.717) is 18.0 Å². The van der Waals surface area contributed by atoms with E-state index in [2.05, 4.69) is 15.3 Å². The zero-order valence-electron chi connectivity index (χ0n) is 10.1. The summed E-state index contributed by atoms with van der Waals surface area (Å²) in [5, 5.41) is 13.1. The van der Waals surface area contributed by atoms with Crippen molar-refractivity contribution in [3.8, 4) is 11.6 Å². The van der Waals surface area contributed by atoms with E-state index in [4.69, 9.17) is 4.74 Å². The Morgan fingerprint density at radius 3 is 2.70 bits per heavy atom. The number of hydrogen-bond acceptors (Lipinski definition) is 6. The van der Waals surface area contributed by atoms with E-state index in [1.54, 1.807) is 7.05 Å². The number of ether oxygens (including phenoxy) is 1. The van der Waals surface area contributed by atoms with Crippen LogP contribution in [0.25, 0.3) is 0 Å². The molecule has 0 aliphatic rings. The van der Waals surface area contributed by atoms with Crippen LogP contribution in [0.5, 0.6) is 11.6 Å². The maximum Gasteiger partial charge on any atom is 0.307 e. The number of anilines is 1. The van der Waals surface area contributed by atoms with Crippen LogP contribution in [0.3, 0.4) is 0 Å². The molecule has 2 rings (SSSR count). The molecule has 1 N–H and O–H groups in total. The molecule has 0 amide bonds.